The Balaban J connectivity index is 1.86. The van der Waals surface area contributed by atoms with E-state index in [2.05, 4.69) is 4.98 Å². The molecule has 4 heteroatoms. The van der Waals surface area contributed by atoms with Crippen LogP contribution in [-0.2, 0) is 6.54 Å². The van der Waals surface area contributed by atoms with Gasteiger partial charge in [-0.3, -0.25) is 4.79 Å². The summed E-state index contributed by atoms with van der Waals surface area (Å²) in [6.07, 6.45) is 4.24. The van der Waals surface area contributed by atoms with Gasteiger partial charge in [0, 0.05) is 24.4 Å². The van der Waals surface area contributed by atoms with Crippen molar-refractivity contribution < 1.29 is 9.53 Å². The van der Waals surface area contributed by atoms with Crippen molar-refractivity contribution in [1.29, 1.82) is 0 Å². The van der Waals surface area contributed by atoms with Crippen molar-refractivity contribution >= 4 is 5.78 Å². The van der Waals surface area contributed by atoms with E-state index < -0.39 is 0 Å². The molecule has 2 aromatic rings. The standard InChI is InChI=1S/C15H18N2O2/c1-3-15(18)13-4-6-14(7-5-13)19-11-10-17-9-8-16-12(17)2/h4-9H,3,10-11H2,1-2H3. The fraction of sp³-hybridized carbons (Fsp3) is 0.333. The maximum atomic E-state index is 11.5. The van der Waals surface area contributed by atoms with Crippen LogP contribution < -0.4 is 4.74 Å². The Bertz CT molecular complexity index is 544. The Kier molecular flexibility index (Phi) is 4.34. The molecule has 4 nitrogen and oxygen atoms in total. The second-order valence-electron chi connectivity index (χ2n) is 4.32. The largest absolute Gasteiger partial charge is 0.492 e. The lowest BCUT2D eigenvalue weighted by molar-refractivity contribution is 0.0988. The monoisotopic (exact) mass is 258 g/mol. The van der Waals surface area contributed by atoms with Gasteiger partial charge in [-0.2, -0.15) is 0 Å². The Hall–Kier alpha value is -2.10. The molecule has 0 aliphatic rings. The number of ketones is 1. The molecule has 0 saturated carbocycles. The number of aromatic nitrogens is 2. The summed E-state index contributed by atoms with van der Waals surface area (Å²) < 4.78 is 7.68. The van der Waals surface area contributed by atoms with Gasteiger partial charge in [0.2, 0.25) is 0 Å². The van der Waals surface area contributed by atoms with Gasteiger partial charge in [0.25, 0.3) is 0 Å². The molecule has 0 amide bonds. The first-order chi connectivity index (χ1) is 9.20. The summed E-state index contributed by atoms with van der Waals surface area (Å²) in [7, 11) is 0. The van der Waals surface area contributed by atoms with Crippen LogP contribution in [0.15, 0.2) is 36.7 Å². The summed E-state index contributed by atoms with van der Waals surface area (Å²) in [4.78, 5) is 15.6. The maximum absolute atomic E-state index is 11.5. The highest BCUT2D eigenvalue weighted by molar-refractivity contribution is 5.95. The van der Waals surface area contributed by atoms with Crippen LogP contribution in [0.1, 0.15) is 29.5 Å². The van der Waals surface area contributed by atoms with Crippen molar-refractivity contribution in [2.45, 2.75) is 26.8 Å². The fourth-order valence-corrected chi connectivity index (χ4v) is 1.84. The smallest absolute Gasteiger partial charge is 0.162 e. The molecule has 1 aromatic carbocycles. The molecule has 1 heterocycles. The summed E-state index contributed by atoms with van der Waals surface area (Å²) in [5.41, 5.74) is 0.736. The summed E-state index contributed by atoms with van der Waals surface area (Å²) in [6, 6.07) is 7.29. The van der Waals surface area contributed by atoms with E-state index in [0.29, 0.717) is 13.0 Å². The van der Waals surface area contributed by atoms with Crippen LogP contribution in [0.5, 0.6) is 5.75 Å². The normalized spacial score (nSPS) is 10.4. The van der Waals surface area contributed by atoms with Crippen LogP contribution in [0.25, 0.3) is 0 Å². The van der Waals surface area contributed by atoms with Gasteiger partial charge in [-0.1, -0.05) is 6.92 Å². The Morgan fingerprint density at radius 2 is 2.05 bits per heavy atom. The Labute approximate surface area is 113 Å². The fourth-order valence-electron chi connectivity index (χ4n) is 1.84. The molecule has 0 N–H and O–H groups in total. The molecule has 0 bridgehead atoms. The second-order valence-corrected chi connectivity index (χ2v) is 4.32. The van der Waals surface area contributed by atoms with E-state index >= 15 is 0 Å². The first-order valence-corrected chi connectivity index (χ1v) is 6.44. The quantitative estimate of drug-likeness (QED) is 0.748. The molecule has 2 rings (SSSR count). The number of carbonyl (C=O) groups is 1. The molecule has 0 spiro atoms. The van der Waals surface area contributed by atoms with Crippen LogP contribution in [0, 0.1) is 6.92 Å². The second kappa shape index (κ2) is 6.18. The Morgan fingerprint density at radius 3 is 2.63 bits per heavy atom. The van der Waals surface area contributed by atoms with Crippen molar-refractivity contribution in [3.05, 3.63) is 48.0 Å². The molecule has 100 valence electrons. The summed E-state index contributed by atoms with van der Waals surface area (Å²) in [5, 5.41) is 0. The number of nitrogens with zero attached hydrogens (tertiary/aromatic N) is 2. The lowest BCUT2D eigenvalue weighted by atomic mass is 10.1. The minimum atomic E-state index is 0.153. The van der Waals surface area contributed by atoms with Gasteiger partial charge < -0.3 is 9.30 Å². The number of rotatable bonds is 6. The van der Waals surface area contributed by atoms with Gasteiger partial charge in [0.15, 0.2) is 5.78 Å². The zero-order valence-corrected chi connectivity index (χ0v) is 11.3. The van der Waals surface area contributed by atoms with Crippen molar-refractivity contribution in [1.82, 2.24) is 9.55 Å². The van der Waals surface area contributed by atoms with Crippen LogP contribution in [-0.4, -0.2) is 21.9 Å². The third kappa shape index (κ3) is 3.44. The van der Waals surface area contributed by atoms with Gasteiger partial charge in [-0.05, 0) is 31.2 Å². The minimum Gasteiger partial charge on any atom is -0.492 e. The molecule has 0 unspecified atom stereocenters. The highest BCUT2D eigenvalue weighted by Crippen LogP contribution is 2.13. The number of Topliss-reactive ketones (excluding diaryl/α,β-unsaturated/α-hetero) is 1. The van der Waals surface area contributed by atoms with E-state index in [4.69, 9.17) is 4.74 Å². The summed E-state index contributed by atoms with van der Waals surface area (Å²) >= 11 is 0. The zero-order chi connectivity index (χ0) is 13.7. The van der Waals surface area contributed by atoms with E-state index in [1.54, 1.807) is 6.20 Å². The molecule has 0 fully saturated rings. The average Bonchev–Trinajstić information content (AvgIpc) is 2.84. The van der Waals surface area contributed by atoms with Gasteiger partial charge in [0.1, 0.15) is 18.2 Å². The first-order valence-electron chi connectivity index (χ1n) is 6.44. The van der Waals surface area contributed by atoms with Crippen molar-refractivity contribution in [3.63, 3.8) is 0 Å². The molecule has 0 aliphatic heterocycles. The van der Waals surface area contributed by atoms with Gasteiger partial charge in [-0.25, -0.2) is 4.98 Å². The number of hydrogen-bond donors (Lipinski definition) is 0. The number of benzene rings is 1. The molecule has 0 saturated heterocycles. The zero-order valence-electron chi connectivity index (χ0n) is 11.3. The predicted octanol–water partition coefficient (Wildman–Crippen LogP) is 2.86. The molecule has 1 aromatic heterocycles. The van der Waals surface area contributed by atoms with Crippen molar-refractivity contribution in [2.75, 3.05) is 6.61 Å². The highest BCUT2D eigenvalue weighted by atomic mass is 16.5. The SMILES string of the molecule is CCC(=O)c1ccc(OCCn2ccnc2C)cc1. The van der Waals surface area contributed by atoms with Gasteiger partial charge >= 0.3 is 0 Å². The van der Waals surface area contributed by atoms with Gasteiger partial charge in [0.05, 0.1) is 6.54 Å². The molecule has 0 aliphatic carbocycles. The van der Waals surface area contributed by atoms with E-state index in [1.165, 1.54) is 0 Å². The topological polar surface area (TPSA) is 44.1 Å². The third-order valence-corrected chi connectivity index (χ3v) is 3.02. The molecule has 0 radical (unpaired) electrons. The lowest BCUT2D eigenvalue weighted by Crippen LogP contribution is -2.08. The molecule has 19 heavy (non-hydrogen) atoms. The predicted molar refractivity (Wildman–Crippen MR) is 73.5 cm³/mol. The van der Waals surface area contributed by atoms with E-state index in [1.807, 2.05) is 48.9 Å². The number of carbonyl (C=O) groups excluding carboxylic acids is 1. The lowest BCUT2D eigenvalue weighted by Gasteiger charge is -2.08. The number of imidazole rings is 1. The van der Waals surface area contributed by atoms with Gasteiger partial charge in [-0.15, -0.1) is 0 Å². The van der Waals surface area contributed by atoms with Crippen LogP contribution in [0.3, 0.4) is 0 Å². The van der Waals surface area contributed by atoms with Crippen LogP contribution >= 0.6 is 0 Å². The number of hydrogen-bond acceptors (Lipinski definition) is 3. The summed E-state index contributed by atoms with van der Waals surface area (Å²) in [6.45, 7) is 5.17. The maximum Gasteiger partial charge on any atom is 0.162 e. The average molecular weight is 258 g/mol. The van der Waals surface area contributed by atoms with Crippen LogP contribution in [0.4, 0.5) is 0 Å². The number of aryl methyl sites for hydroxylation is 1. The first kappa shape index (κ1) is 13.3. The molecular formula is C15H18N2O2. The number of ether oxygens (including phenoxy) is 1. The summed E-state index contributed by atoms with van der Waals surface area (Å²) in [5.74, 6) is 1.92. The van der Waals surface area contributed by atoms with E-state index in [0.717, 1.165) is 23.7 Å². The van der Waals surface area contributed by atoms with Crippen LogP contribution in [0.2, 0.25) is 0 Å². The third-order valence-electron chi connectivity index (χ3n) is 3.02. The van der Waals surface area contributed by atoms with E-state index in [9.17, 15) is 4.79 Å². The Morgan fingerprint density at radius 1 is 1.32 bits per heavy atom. The van der Waals surface area contributed by atoms with Crippen molar-refractivity contribution in [3.8, 4) is 5.75 Å². The minimum absolute atomic E-state index is 0.153. The highest BCUT2D eigenvalue weighted by Gasteiger charge is 2.03. The molecule has 0 atom stereocenters. The van der Waals surface area contributed by atoms with Crippen molar-refractivity contribution in [2.24, 2.45) is 0 Å². The van der Waals surface area contributed by atoms with E-state index in [-0.39, 0.29) is 5.78 Å². The molecular weight excluding hydrogens is 240 g/mol.